The first-order valence-corrected chi connectivity index (χ1v) is 9.19. The predicted octanol–water partition coefficient (Wildman–Crippen LogP) is 0.832. The molecule has 26 heavy (non-hydrogen) atoms. The molecule has 0 radical (unpaired) electrons. The van der Waals surface area contributed by atoms with E-state index in [1.807, 2.05) is 47.7 Å². The first-order chi connectivity index (χ1) is 12.5. The summed E-state index contributed by atoms with van der Waals surface area (Å²) in [7, 11) is 3.50. The molecule has 1 aliphatic carbocycles. The number of hydrogen-bond donors (Lipinski definition) is 1. The van der Waals surface area contributed by atoms with Gasteiger partial charge in [0, 0.05) is 49.6 Å². The molecule has 1 aromatic rings. The zero-order valence-electron chi connectivity index (χ0n) is 15.2. The van der Waals surface area contributed by atoms with Gasteiger partial charge in [0.05, 0.1) is 0 Å². The molecule has 2 amide bonds. The van der Waals surface area contributed by atoms with Crippen LogP contribution in [-0.2, 0) is 4.79 Å². The number of fused-ring (bicyclic) bond motifs is 1. The Balaban J connectivity index is 1.71. The summed E-state index contributed by atoms with van der Waals surface area (Å²) in [6, 6.07) is 7.34. The van der Waals surface area contributed by atoms with Gasteiger partial charge in [-0.1, -0.05) is 18.6 Å². The van der Waals surface area contributed by atoms with Crippen molar-refractivity contribution in [1.29, 1.82) is 0 Å². The van der Waals surface area contributed by atoms with Crippen molar-refractivity contribution >= 4 is 23.6 Å². The molecule has 2 heterocycles. The summed E-state index contributed by atoms with van der Waals surface area (Å²) in [6.07, 6.45) is 9.45. The second-order valence-electron chi connectivity index (χ2n) is 7.50. The highest BCUT2D eigenvalue weighted by Gasteiger charge is 2.40. The van der Waals surface area contributed by atoms with E-state index in [-0.39, 0.29) is 17.9 Å². The molecule has 1 aromatic carbocycles. The fourth-order valence-corrected chi connectivity index (χ4v) is 3.74. The Morgan fingerprint density at radius 3 is 2.81 bits per heavy atom. The zero-order chi connectivity index (χ0) is 18.3. The monoisotopic (exact) mass is 350 g/mol. The molecule has 1 fully saturated rings. The van der Waals surface area contributed by atoms with Gasteiger partial charge >= 0.3 is 0 Å². The fraction of sp³-hybridized carbons (Fsp3) is 0.381. The summed E-state index contributed by atoms with van der Waals surface area (Å²) in [4.78, 5) is 31.8. The van der Waals surface area contributed by atoms with Crippen molar-refractivity contribution in [3.63, 3.8) is 0 Å². The number of nitrogens with one attached hydrogen (secondary N) is 1. The van der Waals surface area contributed by atoms with Gasteiger partial charge in [-0.05, 0) is 36.5 Å². The predicted molar refractivity (Wildman–Crippen MR) is 100 cm³/mol. The Hall–Kier alpha value is -2.69. The van der Waals surface area contributed by atoms with Crippen LogP contribution < -0.4 is 4.99 Å². The average Bonchev–Trinajstić information content (AvgIpc) is 3.09. The van der Waals surface area contributed by atoms with Crippen LogP contribution >= 0.6 is 0 Å². The van der Waals surface area contributed by atoms with Gasteiger partial charge in [0.2, 0.25) is 0 Å². The highest BCUT2D eigenvalue weighted by atomic mass is 16.2. The van der Waals surface area contributed by atoms with Crippen molar-refractivity contribution < 1.29 is 14.6 Å². The number of allylic oxidation sites excluding steroid dienone is 1. The normalized spacial score (nSPS) is 21.8. The molecule has 1 unspecified atom stereocenters. The molecule has 3 aliphatic rings. The number of carbonyl (C=O) groups is 2. The molecular formula is C21H24N3O2+. The lowest BCUT2D eigenvalue weighted by Crippen LogP contribution is -2.79. The molecule has 5 nitrogen and oxygen atoms in total. The minimum absolute atomic E-state index is 0.0210. The van der Waals surface area contributed by atoms with E-state index in [9.17, 15) is 9.59 Å². The first-order valence-electron chi connectivity index (χ1n) is 9.19. The van der Waals surface area contributed by atoms with Crippen molar-refractivity contribution in [2.75, 3.05) is 20.6 Å². The number of benzene rings is 1. The SMILES string of the molecule is CN(C)C(=O)c1cccc(C2=CN(CC3CCC3)C(=O)C3[NH+]=CC=C23)c1. The topological polar surface area (TPSA) is 54.6 Å². The largest absolute Gasteiger partial charge is 0.345 e. The van der Waals surface area contributed by atoms with Gasteiger partial charge in [-0.2, -0.15) is 0 Å². The number of nitrogens with zero attached hydrogens (tertiary/aromatic N) is 2. The van der Waals surface area contributed by atoms with E-state index in [0.29, 0.717) is 11.5 Å². The van der Waals surface area contributed by atoms with Crippen LogP contribution in [0.1, 0.15) is 35.2 Å². The lowest BCUT2D eigenvalue weighted by Gasteiger charge is -2.34. The minimum atomic E-state index is -0.316. The average molecular weight is 350 g/mol. The van der Waals surface area contributed by atoms with Gasteiger partial charge in [-0.25, -0.2) is 4.99 Å². The van der Waals surface area contributed by atoms with Gasteiger partial charge < -0.3 is 9.80 Å². The number of amides is 2. The van der Waals surface area contributed by atoms with Gasteiger partial charge in [0.1, 0.15) is 0 Å². The van der Waals surface area contributed by atoms with E-state index >= 15 is 0 Å². The lowest BCUT2D eigenvalue weighted by molar-refractivity contribution is -0.467. The van der Waals surface area contributed by atoms with Crippen LogP contribution in [0.4, 0.5) is 0 Å². The standard InChI is InChI=1S/C21H23N3O2/c1-23(2)20(25)16-8-4-7-15(11-16)18-13-24(12-14-5-3-6-14)21(26)19-17(18)9-10-22-19/h4,7-11,13-14,19H,3,5-6,12H2,1-2H3/p+1. The van der Waals surface area contributed by atoms with E-state index in [2.05, 4.69) is 4.99 Å². The molecule has 1 saturated carbocycles. The number of hydrogen-bond acceptors (Lipinski definition) is 2. The second-order valence-corrected chi connectivity index (χ2v) is 7.50. The van der Waals surface area contributed by atoms with Crippen molar-refractivity contribution in [3.8, 4) is 0 Å². The smallest absolute Gasteiger partial charge is 0.300 e. The van der Waals surface area contributed by atoms with E-state index in [0.717, 1.165) is 23.3 Å². The molecule has 1 N–H and O–H groups in total. The maximum Gasteiger partial charge on any atom is 0.300 e. The maximum atomic E-state index is 12.8. The maximum absolute atomic E-state index is 12.8. The summed E-state index contributed by atoms with van der Waals surface area (Å²) in [5, 5.41) is 0. The Morgan fingerprint density at radius 2 is 2.12 bits per heavy atom. The molecule has 1 atom stereocenters. The van der Waals surface area contributed by atoms with Crippen LogP contribution in [0.15, 0.2) is 42.1 Å². The zero-order valence-corrected chi connectivity index (χ0v) is 15.2. The Labute approximate surface area is 153 Å². The van der Waals surface area contributed by atoms with Crippen LogP contribution in [0.5, 0.6) is 0 Å². The van der Waals surface area contributed by atoms with Crippen LogP contribution in [0, 0.1) is 5.92 Å². The Kier molecular flexibility index (Phi) is 4.23. The van der Waals surface area contributed by atoms with Gasteiger partial charge in [0.25, 0.3) is 17.9 Å². The molecule has 134 valence electrons. The van der Waals surface area contributed by atoms with Crippen molar-refractivity contribution in [1.82, 2.24) is 9.80 Å². The van der Waals surface area contributed by atoms with Gasteiger partial charge in [-0.3, -0.25) is 9.59 Å². The third-order valence-corrected chi connectivity index (χ3v) is 5.47. The molecule has 4 rings (SSSR count). The van der Waals surface area contributed by atoms with Gasteiger partial charge in [0.15, 0.2) is 6.21 Å². The summed E-state index contributed by atoms with van der Waals surface area (Å²) in [5.74, 6) is 0.697. The summed E-state index contributed by atoms with van der Waals surface area (Å²) in [6.45, 7) is 0.782. The molecule has 5 heteroatoms. The second kappa shape index (κ2) is 6.56. The molecule has 0 saturated heterocycles. The quantitative estimate of drug-likeness (QED) is 0.875. The van der Waals surface area contributed by atoms with Crippen LogP contribution in [0.25, 0.3) is 5.57 Å². The third-order valence-electron chi connectivity index (χ3n) is 5.47. The van der Waals surface area contributed by atoms with Crippen LogP contribution in [0.3, 0.4) is 0 Å². The number of carbonyl (C=O) groups excluding carboxylic acids is 2. The van der Waals surface area contributed by atoms with Crippen molar-refractivity contribution in [3.05, 3.63) is 53.2 Å². The van der Waals surface area contributed by atoms with Gasteiger partial charge in [-0.15, -0.1) is 0 Å². The summed E-state index contributed by atoms with van der Waals surface area (Å²) in [5.41, 5.74) is 3.62. The Bertz CT molecular complexity index is 847. The Morgan fingerprint density at radius 1 is 1.31 bits per heavy atom. The van der Waals surface area contributed by atoms with E-state index < -0.39 is 0 Å². The third kappa shape index (κ3) is 2.87. The molecular weight excluding hydrogens is 326 g/mol. The first kappa shape index (κ1) is 16.8. The van der Waals surface area contributed by atoms with Crippen LogP contribution in [-0.4, -0.2) is 54.5 Å². The summed E-state index contributed by atoms with van der Waals surface area (Å²) >= 11 is 0. The van der Waals surface area contributed by atoms with E-state index in [1.165, 1.54) is 19.3 Å². The molecule has 2 aliphatic heterocycles. The highest BCUT2D eigenvalue weighted by Crippen LogP contribution is 2.34. The number of rotatable bonds is 4. The van der Waals surface area contributed by atoms with Crippen molar-refractivity contribution in [2.45, 2.75) is 25.3 Å². The van der Waals surface area contributed by atoms with Crippen LogP contribution in [0.2, 0.25) is 0 Å². The summed E-state index contributed by atoms with van der Waals surface area (Å²) < 4.78 is 0. The molecule has 0 bridgehead atoms. The van der Waals surface area contributed by atoms with E-state index in [1.54, 1.807) is 19.0 Å². The minimum Gasteiger partial charge on any atom is -0.345 e. The van der Waals surface area contributed by atoms with E-state index in [4.69, 9.17) is 0 Å². The van der Waals surface area contributed by atoms with Crippen molar-refractivity contribution in [2.24, 2.45) is 5.92 Å². The highest BCUT2D eigenvalue weighted by molar-refractivity contribution is 6.02. The lowest BCUT2D eigenvalue weighted by atomic mass is 9.84. The molecule has 0 spiro atoms. The molecule has 0 aromatic heterocycles. The fourth-order valence-electron chi connectivity index (χ4n) is 3.74.